The number of aromatic nitrogens is 6. The van der Waals surface area contributed by atoms with Crippen LogP contribution in [0.1, 0.15) is 218 Å². The molecule has 149 heavy (non-hydrogen) atoms. The van der Waals surface area contributed by atoms with Gasteiger partial charge in [0.05, 0.1) is 59.6 Å². The Morgan fingerprint density at radius 2 is 1.23 bits per heavy atom. The van der Waals surface area contributed by atoms with Crippen LogP contribution in [0.3, 0.4) is 0 Å². The Kier molecular flexibility index (Phi) is 38.4. The summed E-state index contributed by atoms with van der Waals surface area (Å²) in [6.07, 6.45) is -2.99. The topological polar surface area (TPSA) is 664 Å². The van der Waals surface area contributed by atoms with Crippen LogP contribution in [-0.4, -0.2) is 247 Å². The summed E-state index contributed by atoms with van der Waals surface area (Å²) in [5, 5.41) is 59.3. The molecule has 44 heteroatoms. The molecule has 13 amide bonds. The molecule has 4 aliphatic rings. The lowest BCUT2D eigenvalue weighted by Crippen LogP contribution is -2.60. The Morgan fingerprint density at radius 3 is 1.85 bits per heavy atom. The number of amides is 13. The van der Waals surface area contributed by atoms with E-state index in [4.69, 9.17) is 42.7 Å². The van der Waals surface area contributed by atoms with Gasteiger partial charge in [-0.2, -0.15) is 15.7 Å². The van der Waals surface area contributed by atoms with Gasteiger partial charge < -0.3 is 110 Å². The van der Waals surface area contributed by atoms with E-state index in [1.807, 2.05) is 119 Å². The second kappa shape index (κ2) is 51.3. The number of benzene rings is 4. The number of allylic oxidation sites excluding steroid dienone is 2. The molecule has 1 fully saturated rings. The van der Waals surface area contributed by atoms with E-state index in [1.54, 1.807) is 6.08 Å². The predicted octanol–water partition coefficient (Wildman–Crippen LogP) is 5.33. The number of carbonyl (C=O) groups excluding carboxylic acids is 15. The first-order valence-corrected chi connectivity index (χ1v) is 49.9. The monoisotopic (exact) mass is 2050 g/mol. The number of carboxylic acids is 1. The number of anilines is 2. The van der Waals surface area contributed by atoms with Gasteiger partial charge >= 0.3 is 11.9 Å². The average molecular weight is 2050 g/mol. The zero-order chi connectivity index (χ0) is 108. The summed E-state index contributed by atoms with van der Waals surface area (Å²) in [5.74, 6) is -16.8. The lowest BCUT2D eigenvalue weighted by atomic mass is 9.85. The lowest BCUT2D eigenvalue weighted by Gasteiger charge is -2.28. The highest BCUT2D eigenvalue weighted by Crippen LogP contribution is 2.45. The van der Waals surface area contributed by atoms with E-state index in [9.17, 15) is 92.0 Å². The zero-order valence-corrected chi connectivity index (χ0v) is 84.8. The molecule has 0 saturated carbocycles. The van der Waals surface area contributed by atoms with Crippen molar-refractivity contribution < 1.29 is 101 Å². The van der Waals surface area contributed by atoms with Gasteiger partial charge in [-0.25, -0.2) is 9.97 Å². The van der Waals surface area contributed by atoms with Gasteiger partial charge in [-0.3, -0.25) is 81.7 Å². The number of aliphatic hydroxyl groups is 2. The minimum absolute atomic E-state index is 0.0398. The van der Waals surface area contributed by atoms with Gasteiger partial charge in [0.1, 0.15) is 59.4 Å². The van der Waals surface area contributed by atoms with E-state index >= 15 is 0 Å². The molecule has 11 atom stereocenters. The highest BCUT2D eigenvalue weighted by atomic mass is 16.7. The number of hydroxylamine groups is 1. The summed E-state index contributed by atoms with van der Waals surface area (Å²) in [6, 6.07) is 21.8. The van der Waals surface area contributed by atoms with Crippen molar-refractivity contribution in [1.82, 2.24) is 77.8 Å². The van der Waals surface area contributed by atoms with Gasteiger partial charge in [-0.1, -0.05) is 44.7 Å². The van der Waals surface area contributed by atoms with Crippen molar-refractivity contribution in [2.24, 2.45) is 33.2 Å². The van der Waals surface area contributed by atoms with Crippen LogP contribution in [0.25, 0.3) is 67.0 Å². The van der Waals surface area contributed by atoms with E-state index in [2.05, 4.69) is 135 Å². The van der Waals surface area contributed by atoms with Crippen molar-refractivity contribution in [2.75, 3.05) is 62.7 Å². The molecule has 790 valence electrons. The third-order valence-corrected chi connectivity index (χ3v) is 27.3. The fourth-order valence-corrected chi connectivity index (χ4v) is 19.0. The maximum absolute atomic E-state index is 14.4. The molecule has 4 aromatic carbocycles. The second-order valence-electron chi connectivity index (χ2n) is 37.5. The number of hydrogen-bond donors (Lipinski definition) is 18. The van der Waals surface area contributed by atoms with Crippen LogP contribution in [0.15, 0.2) is 126 Å². The summed E-state index contributed by atoms with van der Waals surface area (Å²) < 4.78 is 2.19. The third-order valence-electron chi connectivity index (χ3n) is 27.3. The van der Waals surface area contributed by atoms with Gasteiger partial charge in [-0.15, -0.1) is 4.57 Å². The van der Waals surface area contributed by atoms with Crippen LogP contribution < -0.4 is 85.3 Å². The molecule has 1 saturated heterocycles. The van der Waals surface area contributed by atoms with Gasteiger partial charge in [0.2, 0.25) is 93.5 Å². The molecule has 7 heterocycles. The number of carbonyl (C=O) groups is 16. The molecular weight excluding hydrogens is 1920 g/mol. The zero-order valence-electron chi connectivity index (χ0n) is 84.8. The largest absolute Gasteiger partial charge is 0.481 e. The Hall–Kier alpha value is -16.1. The number of nitrogens with two attached hydrogens (primary N) is 4. The minimum atomic E-state index is -1.94. The van der Waals surface area contributed by atoms with E-state index in [0.29, 0.717) is 64.3 Å². The number of ketones is 1. The Balaban J connectivity index is 0.598. The van der Waals surface area contributed by atoms with Crippen LogP contribution in [0.4, 0.5) is 22.7 Å². The number of aliphatic carboxylic acids is 1. The Labute approximate surface area is 858 Å². The molecule has 8 aromatic rings. The molecule has 44 nitrogen and oxygen atoms in total. The molecule has 0 radical (unpaired) electrons. The first kappa shape index (κ1) is 112. The smallest absolute Gasteiger partial charge is 0.324 e. The lowest BCUT2D eigenvalue weighted by molar-refractivity contribution is -0.538. The van der Waals surface area contributed by atoms with Crippen LogP contribution in [0, 0.1) is 13.8 Å². The number of Topliss-reactive ketones (excluding diaryl/α,β-unsaturated/α-hetero) is 1. The molecule has 3 aliphatic heterocycles. The molecule has 22 N–H and O–H groups in total. The van der Waals surface area contributed by atoms with Gasteiger partial charge in [0, 0.05) is 165 Å². The number of nitrogens with one attached hydrogen (secondary N) is 11. The number of para-hydroxylation sites is 1. The number of H-pyrrole nitrogens is 2. The quantitative estimate of drug-likeness (QED) is 0.00753. The maximum atomic E-state index is 14.4. The fourth-order valence-electron chi connectivity index (χ4n) is 19.0. The fraction of sp³-hybridized carbons (Fsp3) is 0.429. The Morgan fingerprint density at radius 1 is 0.631 bits per heavy atom. The van der Waals surface area contributed by atoms with E-state index in [0.717, 1.165) is 107 Å². The predicted molar refractivity (Wildman–Crippen MR) is 554 cm³/mol. The number of aliphatic hydroxyl groups excluding tert-OH is 2. The van der Waals surface area contributed by atoms with E-state index in [1.165, 1.54) is 6.92 Å². The number of hydrogen-bond acceptors (Lipinski definition) is 27. The second-order valence-corrected chi connectivity index (χ2v) is 37.5. The number of azo groups is 1. The number of rotatable bonds is 52. The number of likely N-dealkylation sites (tertiary alicyclic amines) is 1. The van der Waals surface area contributed by atoms with E-state index in [-0.39, 0.29) is 82.6 Å². The van der Waals surface area contributed by atoms with E-state index < -0.39 is 207 Å². The third kappa shape index (κ3) is 28.2. The van der Waals surface area contributed by atoms with Crippen molar-refractivity contribution in [1.29, 1.82) is 0 Å². The number of nitrogens with zero attached hydrogens (tertiary/aromatic N) is 9. The van der Waals surface area contributed by atoms with Crippen molar-refractivity contribution >= 4 is 179 Å². The normalized spacial score (nSPS) is 15.8. The number of fused-ring (bicyclic) bond motifs is 10. The summed E-state index contributed by atoms with van der Waals surface area (Å²) in [4.78, 5) is 249. The summed E-state index contributed by atoms with van der Waals surface area (Å²) >= 11 is 0. The highest BCUT2D eigenvalue weighted by Gasteiger charge is 2.42. The number of aromatic amines is 2. The average Bonchev–Trinajstić information content (AvgIpc) is 1.51. The molecule has 0 unspecified atom stereocenters. The molecule has 12 rings (SSSR count). The van der Waals surface area contributed by atoms with Crippen molar-refractivity contribution in [3.63, 3.8) is 0 Å². The van der Waals surface area contributed by atoms with Crippen LogP contribution in [0.2, 0.25) is 0 Å². The summed E-state index contributed by atoms with van der Waals surface area (Å²) in [7, 11) is 1.88. The number of aryl methyl sites for hydroxylation is 2. The number of unbranched alkanes of at least 4 members (excludes halogenated alkanes) is 1. The molecule has 4 aromatic heterocycles. The van der Waals surface area contributed by atoms with Gasteiger partial charge in [0.25, 0.3) is 0 Å². The molecule has 8 bridgehead atoms. The minimum Gasteiger partial charge on any atom is -0.481 e. The van der Waals surface area contributed by atoms with Crippen molar-refractivity contribution in [3.8, 4) is 5.69 Å². The maximum Gasteiger partial charge on any atom is 0.324 e. The van der Waals surface area contributed by atoms with Gasteiger partial charge in [0.15, 0.2) is 5.78 Å². The van der Waals surface area contributed by atoms with Crippen LogP contribution >= 0.6 is 0 Å². The molecule has 1 aliphatic carbocycles. The van der Waals surface area contributed by atoms with Crippen molar-refractivity contribution in [3.05, 3.63) is 166 Å². The highest BCUT2D eigenvalue weighted by molar-refractivity contribution is 6.13. The molecule has 0 spiro atoms. The van der Waals surface area contributed by atoms with Gasteiger partial charge in [-0.05, 0) is 201 Å². The summed E-state index contributed by atoms with van der Waals surface area (Å²) in [5.41, 5.74) is 43.9. The van der Waals surface area contributed by atoms with Crippen LogP contribution in [0.5, 0.6) is 0 Å². The molecular formula is C105H131N24O20+. The van der Waals surface area contributed by atoms with Crippen LogP contribution in [-0.2, 0) is 83.2 Å². The number of primary amides is 4. The van der Waals surface area contributed by atoms with Crippen molar-refractivity contribution in [2.45, 2.75) is 237 Å². The Bertz CT molecular complexity index is 6720. The standard InChI is InChI=1S/C105H130N24O20/c1-11-65-55(5)75-49-77-57(7)67(96(115-77)68-48-86(132)94-58(8)78(116-97(68)94)51-80-66(12-2)56(6)76(114-80)50-79(65)113-75)33-41-90(136)123-95(59(9)131)105(148)122-82(54-130)99(142)110-53-91(137)128-45-20-25-83(128)104(147)121-81(52-89(108)135)103(146)120-73(37-40-88(107)134)101(144)119-74(38-42-92(138)139)102(145)118-72(36-39-87(106)133)100(143)117-71(98(109)141)24-18-19-43-111-149-93(140)26-21-44-126(10)62-30-27-60(28-31-62)124-125-61-29-34-69-84(46-61)129(63-22-16-15-17-23-63)85-47-64(127(13-3)14-4)32-35-70(85)112-69/h11,15-17,22-23,27-32,34-35,46-47,49-51,57,59,67,71-74,81-83,95,111,130-131H,1,12-14,18-21,24-26,33,36-45,48,52-54H2,2-10H3,(H18,106,107,108,109,110,112,117,118,119,120,121,122,123,124,133,134,135,136,138,139,141,142,143,144,145,146,147,148)/p+1/t57-,59+,67-,71-,72-,73-,74-,81-,82-,83-,95-/m0/s1. The summed E-state index contributed by atoms with van der Waals surface area (Å²) in [6.45, 7) is 19.8. The first-order chi connectivity index (χ1) is 71.2. The number of carboxylic acid groups (broad SMARTS) is 1. The first-order valence-electron chi connectivity index (χ1n) is 49.9. The SMILES string of the molecule is C=Cc1c(C)c2cc3nc(c4c5[nH]c(cc6nc(cc1[nH]2)C(C)=C6CC)c(C)c5C(=O)C4)[C@@H](CCC(=O)N[C@H](C(=O)N[C@@H](CO)C(=O)NCC(=O)N1CCC[C@H]1C(=O)N[C@@H](CC(N)=O)C(=O)N[C@@H](CCC(N)=O)C(=O)N[C@@H](CCC(=O)O)C(=O)N[C@@H](CCC(N)=O)C(=O)N[C@@H](CCCCNOC(=O)CCCN(C)c1ccc(N=Nc2ccc4nc5ccc(N(CC)CC)cc5[n+](-c5ccccc5)c4c2)cc1)C(N)=O)[C@@H](C)O)[C@@H]3C.